The van der Waals surface area contributed by atoms with Crippen molar-refractivity contribution in [3.8, 4) is 11.4 Å². The molecule has 0 saturated heterocycles. The van der Waals surface area contributed by atoms with Crippen molar-refractivity contribution in [1.82, 2.24) is 9.97 Å². The van der Waals surface area contributed by atoms with Crippen LogP contribution in [0.5, 0.6) is 0 Å². The van der Waals surface area contributed by atoms with E-state index >= 15 is 0 Å². The van der Waals surface area contributed by atoms with E-state index in [2.05, 4.69) is 9.97 Å². The molecule has 1 heterocycles. The standard InChI is InChI=1S/C15H14N2O/c18-10-14-12-8-4-5-9-13(12)16-15(17-14)11-6-2-1-3-7-11/h1-3,6-7,10H,4-5,8-9H2. The van der Waals surface area contributed by atoms with Gasteiger partial charge in [-0.2, -0.15) is 0 Å². The topological polar surface area (TPSA) is 42.9 Å². The quantitative estimate of drug-likeness (QED) is 0.755. The molecule has 0 radical (unpaired) electrons. The molecule has 0 bridgehead atoms. The molecule has 3 rings (SSSR count). The first-order chi connectivity index (χ1) is 8.88. The number of nitrogens with zero attached hydrogens (tertiary/aromatic N) is 2. The van der Waals surface area contributed by atoms with E-state index < -0.39 is 0 Å². The molecule has 90 valence electrons. The van der Waals surface area contributed by atoms with Gasteiger partial charge in [0.1, 0.15) is 5.69 Å². The van der Waals surface area contributed by atoms with E-state index in [-0.39, 0.29) is 0 Å². The molecule has 1 aliphatic rings. The van der Waals surface area contributed by atoms with Crippen LogP contribution in [0.2, 0.25) is 0 Å². The minimum absolute atomic E-state index is 0.568. The van der Waals surface area contributed by atoms with E-state index in [1.165, 1.54) is 0 Å². The summed E-state index contributed by atoms with van der Waals surface area (Å²) < 4.78 is 0. The fourth-order valence-corrected chi connectivity index (χ4v) is 2.44. The van der Waals surface area contributed by atoms with E-state index in [1.54, 1.807) is 0 Å². The second kappa shape index (κ2) is 4.69. The zero-order chi connectivity index (χ0) is 12.4. The van der Waals surface area contributed by atoms with Crippen LogP contribution in [0.25, 0.3) is 11.4 Å². The van der Waals surface area contributed by atoms with Gasteiger partial charge < -0.3 is 0 Å². The number of aromatic nitrogens is 2. The Morgan fingerprint density at radius 3 is 2.56 bits per heavy atom. The van der Waals surface area contributed by atoms with Gasteiger partial charge in [-0.1, -0.05) is 30.3 Å². The maximum absolute atomic E-state index is 11.2. The number of benzene rings is 1. The van der Waals surface area contributed by atoms with Gasteiger partial charge in [0.15, 0.2) is 12.1 Å². The number of carbonyl (C=O) groups excluding carboxylic acids is 1. The van der Waals surface area contributed by atoms with Gasteiger partial charge in [0.2, 0.25) is 0 Å². The molecule has 0 atom stereocenters. The minimum Gasteiger partial charge on any atom is -0.296 e. The zero-order valence-corrected chi connectivity index (χ0v) is 10.1. The van der Waals surface area contributed by atoms with Crippen LogP contribution in [0.4, 0.5) is 0 Å². The van der Waals surface area contributed by atoms with Crippen LogP contribution in [-0.4, -0.2) is 16.3 Å². The van der Waals surface area contributed by atoms with Gasteiger partial charge in [-0.05, 0) is 25.7 Å². The minimum atomic E-state index is 0.568. The van der Waals surface area contributed by atoms with E-state index in [4.69, 9.17) is 0 Å². The van der Waals surface area contributed by atoms with Crippen molar-refractivity contribution >= 4 is 6.29 Å². The Morgan fingerprint density at radius 1 is 1.00 bits per heavy atom. The molecular weight excluding hydrogens is 224 g/mol. The predicted molar refractivity (Wildman–Crippen MR) is 69.5 cm³/mol. The summed E-state index contributed by atoms with van der Waals surface area (Å²) in [4.78, 5) is 20.2. The van der Waals surface area contributed by atoms with Crippen LogP contribution in [0.3, 0.4) is 0 Å². The average molecular weight is 238 g/mol. The number of hydrogen-bond acceptors (Lipinski definition) is 3. The van der Waals surface area contributed by atoms with Gasteiger partial charge in [-0.15, -0.1) is 0 Å². The van der Waals surface area contributed by atoms with E-state index in [9.17, 15) is 4.79 Å². The Bertz CT molecular complexity index is 579. The lowest BCUT2D eigenvalue weighted by molar-refractivity contribution is 0.111. The summed E-state index contributed by atoms with van der Waals surface area (Å²) in [5.74, 6) is 0.665. The molecule has 0 aliphatic heterocycles. The van der Waals surface area contributed by atoms with Crippen molar-refractivity contribution in [1.29, 1.82) is 0 Å². The monoisotopic (exact) mass is 238 g/mol. The number of rotatable bonds is 2. The first-order valence-corrected chi connectivity index (χ1v) is 6.29. The van der Waals surface area contributed by atoms with Crippen molar-refractivity contribution in [2.24, 2.45) is 0 Å². The lowest BCUT2D eigenvalue weighted by atomic mass is 9.94. The highest BCUT2D eigenvalue weighted by Crippen LogP contribution is 2.24. The number of aryl methyl sites for hydroxylation is 1. The fraction of sp³-hybridized carbons (Fsp3) is 0.267. The molecule has 0 N–H and O–H groups in total. The van der Waals surface area contributed by atoms with Crippen molar-refractivity contribution in [2.45, 2.75) is 25.7 Å². The number of aldehydes is 1. The van der Waals surface area contributed by atoms with Crippen LogP contribution in [0.15, 0.2) is 30.3 Å². The van der Waals surface area contributed by atoms with Crippen LogP contribution in [-0.2, 0) is 12.8 Å². The third-order valence-electron chi connectivity index (χ3n) is 3.36. The third-order valence-corrected chi connectivity index (χ3v) is 3.36. The highest BCUT2D eigenvalue weighted by Gasteiger charge is 2.17. The lowest BCUT2D eigenvalue weighted by Crippen LogP contribution is -2.12. The molecule has 0 unspecified atom stereocenters. The van der Waals surface area contributed by atoms with E-state index in [0.29, 0.717) is 11.5 Å². The first kappa shape index (κ1) is 11.1. The van der Waals surface area contributed by atoms with Crippen LogP contribution in [0, 0.1) is 0 Å². The van der Waals surface area contributed by atoms with Crippen molar-refractivity contribution in [2.75, 3.05) is 0 Å². The summed E-state index contributed by atoms with van der Waals surface area (Å²) in [5, 5.41) is 0. The molecule has 0 spiro atoms. The summed E-state index contributed by atoms with van der Waals surface area (Å²) in [6.45, 7) is 0. The largest absolute Gasteiger partial charge is 0.296 e. The maximum Gasteiger partial charge on any atom is 0.168 e. The van der Waals surface area contributed by atoms with E-state index in [1.807, 2.05) is 30.3 Å². The highest BCUT2D eigenvalue weighted by atomic mass is 16.1. The highest BCUT2D eigenvalue weighted by molar-refractivity contribution is 5.76. The lowest BCUT2D eigenvalue weighted by Gasteiger charge is -2.16. The molecule has 1 aromatic heterocycles. The van der Waals surface area contributed by atoms with Crippen LogP contribution in [0.1, 0.15) is 34.6 Å². The Morgan fingerprint density at radius 2 is 1.78 bits per heavy atom. The van der Waals surface area contributed by atoms with Gasteiger partial charge in [-0.3, -0.25) is 4.79 Å². The number of carbonyl (C=O) groups is 1. The normalized spacial score (nSPS) is 14.0. The summed E-state index contributed by atoms with van der Waals surface area (Å²) in [6.07, 6.45) is 5.02. The Balaban J connectivity index is 2.15. The average Bonchev–Trinajstić information content (AvgIpc) is 2.47. The fourth-order valence-electron chi connectivity index (χ4n) is 2.44. The van der Waals surface area contributed by atoms with Crippen LogP contribution < -0.4 is 0 Å². The maximum atomic E-state index is 11.2. The molecule has 18 heavy (non-hydrogen) atoms. The second-order valence-corrected chi connectivity index (χ2v) is 4.55. The van der Waals surface area contributed by atoms with Crippen molar-refractivity contribution < 1.29 is 4.79 Å². The molecule has 0 fully saturated rings. The number of fused-ring (bicyclic) bond motifs is 1. The van der Waals surface area contributed by atoms with Gasteiger partial charge in [0.25, 0.3) is 0 Å². The summed E-state index contributed by atoms with van der Waals surface area (Å²) in [5.41, 5.74) is 3.64. The number of hydrogen-bond donors (Lipinski definition) is 0. The SMILES string of the molecule is O=Cc1nc(-c2ccccc2)nc2c1CCCC2. The Kier molecular flexibility index (Phi) is 2.89. The Labute approximate surface area is 106 Å². The molecule has 3 heteroatoms. The molecular formula is C15H14N2O. The summed E-state index contributed by atoms with van der Waals surface area (Å²) in [6, 6.07) is 9.82. The molecule has 1 aromatic carbocycles. The predicted octanol–water partition coefficient (Wildman–Crippen LogP) is 2.83. The van der Waals surface area contributed by atoms with Crippen molar-refractivity contribution in [3.63, 3.8) is 0 Å². The zero-order valence-electron chi connectivity index (χ0n) is 10.1. The molecule has 3 nitrogen and oxygen atoms in total. The first-order valence-electron chi connectivity index (χ1n) is 6.29. The Hall–Kier alpha value is -2.03. The molecule has 0 saturated carbocycles. The third kappa shape index (κ3) is 1.92. The summed E-state index contributed by atoms with van der Waals surface area (Å²) >= 11 is 0. The van der Waals surface area contributed by atoms with E-state index in [0.717, 1.165) is 48.8 Å². The molecule has 0 amide bonds. The van der Waals surface area contributed by atoms with Gasteiger partial charge in [0.05, 0.1) is 0 Å². The van der Waals surface area contributed by atoms with Crippen LogP contribution >= 0.6 is 0 Å². The van der Waals surface area contributed by atoms with Crippen molar-refractivity contribution in [3.05, 3.63) is 47.3 Å². The smallest absolute Gasteiger partial charge is 0.168 e. The molecule has 1 aliphatic carbocycles. The van der Waals surface area contributed by atoms with Gasteiger partial charge in [0, 0.05) is 16.8 Å². The second-order valence-electron chi connectivity index (χ2n) is 4.55. The van der Waals surface area contributed by atoms with Gasteiger partial charge >= 0.3 is 0 Å². The summed E-state index contributed by atoms with van der Waals surface area (Å²) in [7, 11) is 0. The van der Waals surface area contributed by atoms with Gasteiger partial charge in [-0.25, -0.2) is 9.97 Å². The molecule has 2 aromatic rings.